The molecule has 1 saturated heterocycles. The Hall–Kier alpha value is -1.81. The van der Waals surface area contributed by atoms with Crippen LogP contribution in [0.4, 0.5) is 0 Å². The van der Waals surface area contributed by atoms with Crippen molar-refractivity contribution in [2.24, 2.45) is 0 Å². The largest absolute Gasteiger partial charge is 0.360 e. The summed E-state index contributed by atoms with van der Waals surface area (Å²) in [6.07, 6.45) is 1.82. The fourth-order valence-electron chi connectivity index (χ4n) is 2.43. The van der Waals surface area contributed by atoms with Gasteiger partial charge >= 0.3 is 0 Å². The van der Waals surface area contributed by atoms with Crippen LogP contribution in [-0.4, -0.2) is 53.9 Å². The molecule has 0 radical (unpaired) electrons. The first-order valence-corrected chi connectivity index (χ1v) is 6.29. The van der Waals surface area contributed by atoms with E-state index in [9.17, 15) is 4.79 Å². The number of aromatic nitrogens is 1. The fourth-order valence-corrected chi connectivity index (χ4v) is 2.43. The maximum Gasteiger partial charge on any atom is 0.256 e. The van der Waals surface area contributed by atoms with Gasteiger partial charge in [0.15, 0.2) is 0 Å². The highest BCUT2D eigenvalue weighted by atomic mass is 16.2. The van der Waals surface area contributed by atoms with Crippen molar-refractivity contribution in [3.63, 3.8) is 0 Å². The lowest BCUT2D eigenvalue weighted by Crippen LogP contribution is -2.47. The molecule has 1 amide bonds. The molecule has 0 saturated carbocycles. The maximum atomic E-state index is 12.5. The number of carbonyl (C=O) groups excluding carboxylic acids is 1. The number of fused-ring (bicyclic) bond motifs is 1. The minimum Gasteiger partial charge on any atom is -0.360 e. The van der Waals surface area contributed by atoms with E-state index >= 15 is 0 Å². The molecule has 1 aliphatic heterocycles. The number of carbonyl (C=O) groups is 1. The van der Waals surface area contributed by atoms with Crippen LogP contribution in [0.15, 0.2) is 30.5 Å². The number of hydrogen-bond acceptors (Lipinski definition) is 2. The van der Waals surface area contributed by atoms with Crippen LogP contribution in [0.1, 0.15) is 10.4 Å². The van der Waals surface area contributed by atoms with E-state index in [1.807, 2.05) is 35.4 Å². The Kier molecular flexibility index (Phi) is 2.80. The Bertz CT molecular complexity index is 567. The van der Waals surface area contributed by atoms with Gasteiger partial charge in [-0.25, -0.2) is 0 Å². The van der Waals surface area contributed by atoms with Gasteiger partial charge in [0.25, 0.3) is 5.91 Å². The van der Waals surface area contributed by atoms with E-state index in [0.29, 0.717) is 0 Å². The average molecular weight is 243 g/mol. The number of piperazine rings is 1. The van der Waals surface area contributed by atoms with Gasteiger partial charge in [0.05, 0.1) is 5.56 Å². The van der Waals surface area contributed by atoms with Crippen LogP contribution in [-0.2, 0) is 0 Å². The first kappa shape index (κ1) is 11.3. The molecule has 1 fully saturated rings. The van der Waals surface area contributed by atoms with Crippen molar-refractivity contribution < 1.29 is 4.79 Å². The number of H-pyrrole nitrogens is 1. The van der Waals surface area contributed by atoms with Crippen molar-refractivity contribution in [1.29, 1.82) is 0 Å². The van der Waals surface area contributed by atoms with E-state index in [0.717, 1.165) is 42.6 Å². The number of nitrogens with zero attached hydrogens (tertiary/aromatic N) is 2. The van der Waals surface area contributed by atoms with Gasteiger partial charge in [-0.15, -0.1) is 0 Å². The van der Waals surface area contributed by atoms with Crippen LogP contribution in [0, 0.1) is 0 Å². The van der Waals surface area contributed by atoms with Gasteiger partial charge in [-0.05, 0) is 13.1 Å². The first-order valence-electron chi connectivity index (χ1n) is 6.29. The second kappa shape index (κ2) is 4.46. The topological polar surface area (TPSA) is 39.3 Å². The van der Waals surface area contributed by atoms with Crippen LogP contribution >= 0.6 is 0 Å². The third-order valence-corrected chi connectivity index (χ3v) is 3.61. The molecule has 1 N–H and O–H groups in total. The number of benzene rings is 1. The highest BCUT2D eigenvalue weighted by Gasteiger charge is 2.22. The van der Waals surface area contributed by atoms with E-state index < -0.39 is 0 Å². The van der Waals surface area contributed by atoms with Crippen molar-refractivity contribution in [3.05, 3.63) is 36.0 Å². The van der Waals surface area contributed by atoms with Gasteiger partial charge in [0.2, 0.25) is 0 Å². The number of amides is 1. The smallest absolute Gasteiger partial charge is 0.256 e. The zero-order chi connectivity index (χ0) is 12.5. The molecule has 18 heavy (non-hydrogen) atoms. The van der Waals surface area contributed by atoms with Crippen LogP contribution < -0.4 is 0 Å². The summed E-state index contributed by atoms with van der Waals surface area (Å²) >= 11 is 0. The van der Waals surface area contributed by atoms with Gasteiger partial charge in [-0.1, -0.05) is 18.2 Å². The summed E-state index contributed by atoms with van der Waals surface area (Å²) in [5.74, 6) is 0.139. The highest BCUT2D eigenvalue weighted by molar-refractivity contribution is 6.06. The molecule has 2 heterocycles. The predicted molar refractivity (Wildman–Crippen MR) is 71.7 cm³/mol. The predicted octanol–water partition coefficient (Wildman–Crippen LogP) is 1.56. The van der Waals surface area contributed by atoms with E-state index in [1.165, 1.54) is 0 Å². The number of hydrogen-bond donors (Lipinski definition) is 1. The van der Waals surface area contributed by atoms with Gasteiger partial charge in [-0.2, -0.15) is 0 Å². The Morgan fingerprint density at radius 1 is 1.17 bits per heavy atom. The molecule has 1 aliphatic rings. The van der Waals surface area contributed by atoms with Crippen LogP contribution in [0.25, 0.3) is 10.9 Å². The molecule has 4 heteroatoms. The van der Waals surface area contributed by atoms with Gasteiger partial charge in [0, 0.05) is 43.3 Å². The van der Waals surface area contributed by atoms with Crippen molar-refractivity contribution in [1.82, 2.24) is 14.8 Å². The summed E-state index contributed by atoms with van der Waals surface area (Å²) in [5.41, 5.74) is 1.81. The lowest BCUT2D eigenvalue weighted by Gasteiger charge is -2.32. The molecule has 0 atom stereocenters. The van der Waals surface area contributed by atoms with Crippen LogP contribution in [0.3, 0.4) is 0 Å². The molecule has 0 unspecified atom stereocenters. The monoisotopic (exact) mass is 243 g/mol. The summed E-state index contributed by atoms with van der Waals surface area (Å²) in [5, 5.41) is 1.02. The van der Waals surface area contributed by atoms with Crippen LogP contribution in [0.5, 0.6) is 0 Å². The van der Waals surface area contributed by atoms with Crippen molar-refractivity contribution in [2.45, 2.75) is 0 Å². The van der Waals surface area contributed by atoms with Crippen molar-refractivity contribution in [3.8, 4) is 0 Å². The third kappa shape index (κ3) is 1.88. The molecule has 0 bridgehead atoms. The number of nitrogens with one attached hydrogen (secondary N) is 1. The summed E-state index contributed by atoms with van der Waals surface area (Å²) < 4.78 is 0. The standard InChI is InChI=1S/C14H17N3O/c1-16-6-8-17(9-7-16)14(18)12-10-15-13-5-3-2-4-11(12)13/h2-5,10,15H,6-9H2,1H3. The molecule has 2 aromatic rings. The van der Waals surface area contributed by atoms with Crippen molar-refractivity contribution in [2.75, 3.05) is 33.2 Å². The molecule has 4 nitrogen and oxygen atoms in total. The lowest BCUT2D eigenvalue weighted by molar-refractivity contribution is 0.0666. The molecule has 1 aromatic heterocycles. The molecule has 0 spiro atoms. The normalized spacial score (nSPS) is 17.3. The third-order valence-electron chi connectivity index (χ3n) is 3.61. The molecular weight excluding hydrogens is 226 g/mol. The van der Waals surface area contributed by atoms with Gasteiger partial charge < -0.3 is 14.8 Å². The SMILES string of the molecule is CN1CCN(C(=O)c2c[nH]c3ccccc23)CC1. The average Bonchev–Trinajstić information content (AvgIpc) is 2.82. The molecule has 0 aliphatic carbocycles. The molecule has 1 aromatic carbocycles. The lowest BCUT2D eigenvalue weighted by atomic mass is 10.1. The quantitative estimate of drug-likeness (QED) is 0.825. The Balaban J connectivity index is 1.88. The summed E-state index contributed by atoms with van der Waals surface area (Å²) in [6.45, 7) is 3.53. The van der Waals surface area contributed by atoms with Crippen LogP contribution in [0.2, 0.25) is 0 Å². The second-order valence-electron chi connectivity index (χ2n) is 4.84. The maximum absolute atomic E-state index is 12.5. The Morgan fingerprint density at radius 3 is 2.67 bits per heavy atom. The number of aromatic amines is 1. The highest BCUT2D eigenvalue weighted by Crippen LogP contribution is 2.19. The second-order valence-corrected chi connectivity index (χ2v) is 4.84. The van der Waals surface area contributed by atoms with Crippen molar-refractivity contribution >= 4 is 16.8 Å². The minimum absolute atomic E-state index is 0.139. The Morgan fingerprint density at radius 2 is 1.89 bits per heavy atom. The number of para-hydroxylation sites is 1. The summed E-state index contributed by atoms with van der Waals surface area (Å²) in [7, 11) is 2.09. The summed E-state index contributed by atoms with van der Waals surface area (Å²) in [6, 6.07) is 7.94. The minimum atomic E-state index is 0.139. The number of likely N-dealkylation sites (N-methyl/N-ethyl adjacent to an activating group) is 1. The van der Waals surface area contributed by atoms with E-state index in [2.05, 4.69) is 16.9 Å². The Labute approximate surface area is 106 Å². The number of rotatable bonds is 1. The molecular formula is C14H17N3O. The van der Waals surface area contributed by atoms with Gasteiger partial charge in [0.1, 0.15) is 0 Å². The zero-order valence-corrected chi connectivity index (χ0v) is 10.5. The zero-order valence-electron chi connectivity index (χ0n) is 10.5. The van der Waals surface area contributed by atoms with Gasteiger partial charge in [-0.3, -0.25) is 4.79 Å². The fraction of sp³-hybridized carbons (Fsp3) is 0.357. The first-order chi connectivity index (χ1) is 8.75. The summed E-state index contributed by atoms with van der Waals surface area (Å²) in [4.78, 5) is 19.8. The van der Waals surface area contributed by atoms with E-state index in [4.69, 9.17) is 0 Å². The van der Waals surface area contributed by atoms with E-state index in [-0.39, 0.29) is 5.91 Å². The molecule has 94 valence electrons. The van der Waals surface area contributed by atoms with E-state index in [1.54, 1.807) is 0 Å². The molecule has 3 rings (SSSR count).